The number of aliphatic imine (C=N–C) groups is 1. The highest BCUT2D eigenvalue weighted by Crippen LogP contribution is 2.40. The number of ether oxygens (including phenoxy) is 1. The van der Waals surface area contributed by atoms with Gasteiger partial charge in [0.1, 0.15) is 0 Å². The summed E-state index contributed by atoms with van der Waals surface area (Å²) in [5, 5.41) is 6.85. The van der Waals surface area contributed by atoms with Gasteiger partial charge < -0.3 is 15.4 Å². The van der Waals surface area contributed by atoms with E-state index in [1.54, 1.807) is 0 Å². The van der Waals surface area contributed by atoms with Gasteiger partial charge in [-0.3, -0.25) is 9.79 Å². The average Bonchev–Trinajstić information content (AvgIpc) is 3.02. The number of nitrogens with one attached hydrogen (secondary N) is 2. The first-order valence-electron chi connectivity index (χ1n) is 8.67. The molecular formula is C17H33N3O2. The molecule has 0 aliphatic heterocycles. The number of esters is 1. The molecule has 0 aromatic heterocycles. The molecule has 2 N–H and O–H groups in total. The highest BCUT2D eigenvalue weighted by Gasteiger charge is 2.31. The summed E-state index contributed by atoms with van der Waals surface area (Å²) in [6, 6.07) is 0. The van der Waals surface area contributed by atoms with Gasteiger partial charge in [0.25, 0.3) is 0 Å². The van der Waals surface area contributed by atoms with E-state index in [-0.39, 0.29) is 5.97 Å². The van der Waals surface area contributed by atoms with Crippen LogP contribution in [-0.2, 0) is 9.53 Å². The van der Waals surface area contributed by atoms with Gasteiger partial charge in [-0.15, -0.1) is 0 Å². The molecule has 0 saturated heterocycles. The predicted octanol–water partition coefficient (Wildman–Crippen LogP) is 2.86. The fourth-order valence-electron chi connectivity index (χ4n) is 3.15. The average molecular weight is 311 g/mol. The van der Waals surface area contributed by atoms with Crippen molar-refractivity contribution in [2.24, 2.45) is 10.4 Å². The van der Waals surface area contributed by atoms with Crippen LogP contribution in [0.25, 0.3) is 0 Å². The zero-order chi connectivity index (χ0) is 16.3. The Morgan fingerprint density at radius 3 is 2.50 bits per heavy atom. The van der Waals surface area contributed by atoms with Crippen molar-refractivity contribution < 1.29 is 9.53 Å². The van der Waals surface area contributed by atoms with E-state index in [1.165, 1.54) is 39.2 Å². The third kappa shape index (κ3) is 6.67. The number of hydrogen-bond acceptors (Lipinski definition) is 3. The lowest BCUT2D eigenvalue weighted by atomic mass is 9.83. The molecule has 1 saturated carbocycles. The minimum atomic E-state index is -0.119. The molecule has 0 radical (unpaired) electrons. The number of unbranched alkanes of at least 4 members (excludes halogenated alkanes) is 2. The number of guanidine groups is 1. The summed E-state index contributed by atoms with van der Waals surface area (Å²) in [5.41, 5.74) is 0.470. The van der Waals surface area contributed by atoms with Gasteiger partial charge in [0.05, 0.1) is 7.11 Å². The molecule has 1 rings (SSSR count). The van der Waals surface area contributed by atoms with Gasteiger partial charge in [-0.25, -0.2) is 0 Å². The van der Waals surface area contributed by atoms with Gasteiger partial charge in [-0.1, -0.05) is 26.2 Å². The summed E-state index contributed by atoms with van der Waals surface area (Å²) in [6.07, 6.45) is 10.1. The van der Waals surface area contributed by atoms with Crippen LogP contribution >= 0.6 is 0 Å². The quantitative estimate of drug-likeness (QED) is 0.297. The number of nitrogens with zero attached hydrogens (tertiary/aromatic N) is 1. The fraction of sp³-hybridized carbons (Fsp3) is 0.882. The number of methoxy groups -OCH3 is 1. The van der Waals surface area contributed by atoms with Gasteiger partial charge in [0.2, 0.25) is 0 Å². The second-order valence-electron chi connectivity index (χ2n) is 6.30. The molecule has 0 amide bonds. The van der Waals surface area contributed by atoms with Crippen LogP contribution in [0.4, 0.5) is 0 Å². The van der Waals surface area contributed by atoms with Crippen LogP contribution < -0.4 is 10.6 Å². The van der Waals surface area contributed by atoms with Gasteiger partial charge >= 0.3 is 5.97 Å². The topological polar surface area (TPSA) is 62.7 Å². The second-order valence-corrected chi connectivity index (χ2v) is 6.30. The summed E-state index contributed by atoms with van der Waals surface area (Å²) in [5.74, 6) is 0.777. The highest BCUT2D eigenvalue weighted by atomic mass is 16.5. The molecule has 0 aromatic carbocycles. The van der Waals surface area contributed by atoms with E-state index in [4.69, 9.17) is 0 Å². The van der Waals surface area contributed by atoms with E-state index in [0.29, 0.717) is 11.8 Å². The first kappa shape index (κ1) is 18.8. The molecular weight excluding hydrogens is 278 g/mol. The lowest BCUT2D eigenvalue weighted by Gasteiger charge is -2.28. The lowest BCUT2D eigenvalue weighted by molar-refractivity contribution is -0.140. The number of carbonyl (C=O) groups is 1. The Bertz CT molecular complexity index is 350. The molecule has 5 heteroatoms. The summed E-state index contributed by atoms with van der Waals surface area (Å²) in [7, 11) is 3.26. The van der Waals surface area contributed by atoms with E-state index < -0.39 is 0 Å². The zero-order valence-electron chi connectivity index (χ0n) is 14.5. The van der Waals surface area contributed by atoms with E-state index in [1.807, 2.05) is 7.05 Å². The SMILES string of the molecule is CCC1(CNC(=NC)NCCCCCC(=O)OC)CCCC1. The minimum absolute atomic E-state index is 0.119. The van der Waals surface area contributed by atoms with Crippen molar-refractivity contribution in [1.29, 1.82) is 0 Å². The molecule has 0 unspecified atom stereocenters. The van der Waals surface area contributed by atoms with Crippen LogP contribution in [0.3, 0.4) is 0 Å². The number of carbonyl (C=O) groups excluding carboxylic acids is 1. The van der Waals surface area contributed by atoms with Crippen molar-refractivity contribution in [3.05, 3.63) is 0 Å². The van der Waals surface area contributed by atoms with Gasteiger partial charge in [0, 0.05) is 26.6 Å². The van der Waals surface area contributed by atoms with Crippen LogP contribution in [-0.4, -0.2) is 39.2 Å². The smallest absolute Gasteiger partial charge is 0.305 e. The largest absolute Gasteiger partial charge is 0.469 e. The van der Waals surface area contributed by atoms with E-state index in [2.05, 4.69) is 27.3 Å². The van der Waals surface area contributed by atoms with Crippen molar-refractivity contribution in [2.75, 3.05) is 27.2 Å². The third-order valence-corrected chi connectivity index (χ3v) is 4.85. The zero-order valence-corrected chi connectivity index (χ0v) is 14.5. The Morgan fingerprint density at radius 2 is 1.91 bits per heavy atom. The number of hydrogen-bond donors (Lipinski definition) is 2. The van der Waals surface area contributed by atoms with Crippen LogP contribution in [0.1, 0.15) is 64.7 Å². The van der Waals surface area contributed by atoms with Crippen molar-refractivity contribution in [1.82, 2.24) is 10.6 Å². The molecule has 1 fully saturated rings. The molecule has 22 heavy (non-hydrogen) atoms. The predicted molar refractivity (Wildman–Crippen MR) is 91.0 cm³/mol. The Balaban J connectivity index is 2.13. The lowest BCUT2D eigenvalue weighted by Crippen LogP contribution is -2.43. The molecule has 0 atom stereocenters. The third-order valence-electron chi connectivity index (χ3n) is 4.85. The van der Waals surface area contributed by atoms with Crippen molar-refractivity contribution >= 4 is 11.9 Å². The summed E-state index contributed by atoms with van der Waals surface area (Å²) in [4.78, 5) is 15.3. The molecule has 1 aliphatic carbocycles. The van der Waals surface area contributed by atoms with Crippen molar-refractivity contribution in [2.45, 2.75) is 64.7 Å². The molecule has 0 aromatic rings. The Morgan fingerprint density at radius 1 is 1.18 bits per heavy atom. The van der Waals surface area contributed by atoms with Crippen molar-refractivity contribution in [3.8, 4) is 0 Å². The Hall–Kier alpha value is -1.26. The maximum atomic E-state index is 11.0. The molecule has 5 nitrogen and oxygen atoms in total. The monoisotopic (exact) mass is 311 g/mol. The van der Waals surface area contributed by atoms with Crippen molar-refractivity contribution in [3.63, 3.8) is 0 Å². The van der Waals surface area contributed by atoms with Gasteiger partial charge in [-0.2, -0.15) is 0 Å². The molecule has 0 spiro atoms. The molecule has 1 aliphatic rings. The van der Waals surface area contributed by atoms with Crippen LogP contribution in [0.2, 0.25) is 0 Å². The first-order chi connectivity index (χ1) is 10.7. The van der Waals surface area contributed by atoms with Crippen LogP contribution in [0.15, 0.2) is 4.99 Å². The first-order valence-corrected chi connectivity index (χ1v) is 8.67. The van der Waals surface area contributed by atoms with Gasteiger partial charge in [-0.05, 0) is 37.5 Å². The second kappa shape index (κ2) is 10.5. The van der Waals surface area contributed by atoms with Crippen LogP contribution in [0.5, 0.6) is 0 Å². The minimum Gasteiger partial charge on any atom is -0.469 e. The fourth-order valence-corrected chi connectivity index (χ4v) is 3.15. The summed E-state index contributed by atoms with van der Waals surface area (Å²) < 4.78 is 4.63. The van der Waals surface area contributed by atoms with Gasteiger partial charge in [0.15, 0.2) is 5.96 Å². The molecule has 0 bridgehead atoms. The van der Waals surface area contributed by atoms with E-state index in [0.717, 1.165) is 38.3 Å². The maximum absolute atomic E-state index is 11.0. The Labute approximate surface area is 135 Å². The van der Waals surface area contributed by atoms with E-state index in [9.17, 15) is 4.79 Å². The van der Waals surface area contributed by atoms with Crippen LogP contribution in [0, 0.1) is 5.41 Å². The molecule has 0 heterocycles. The van der Waals surface area contributed by atoms with E-state index >= 15 is 0 Å². The number of rotatable bonds is 9. The standard InChI is InChI=1S/C17H33N3O2/c1-4-17(11-7-8-12-17)14-20-16(18-2)19-13-9-5-6-10-15(21)22-3/h4-14H2,1-3H3,(H2,18,19,20). The summed E-state index contributed by atoms with van der Waals surface area (Å²) >= 11 is 0. The summed E-state index contributed by atoms with van der Waals surface area (Å²) in [6.45, 7) is 4.20. The Kier molecular flexibility index (Phi) is 8.94. The maximum Gasteiger partial charge on any atom is 0.305 e. The molecule has 128 valence electrons. The highest BCUT2D eigenvalue weighted by molar-refractivity contribution is 5.79. The normalized spacial score (nSPS) is 17.3.